The summed E-state index contributed by atoms with van der Waals surface area (Å²) in [6.07, 6.45) is 4.54. The van der Waals surface area contributed by atoms with Gasteiger partial charge in [0, 0.05) is 6.42 Å². The van der Waals surface area contributed by atoms with Crippen LogP contribution in [0.4, 0.5) is 0 Å². The number of esters is 1. The average molecular weight is 254 g/mol. The van der Waals surface area contributed by atoms with Gasteiger partial charge in [0.1, 0.15) is 8.07 Å². The van der Waals surface area contributed by atoms with Crippen molar-refractivity contribution in [3.63, 3.8) is 0 Å². The van der Waals surface area contributed by atoms with Crippen LogP contribution in [0, 0.1) is 11.5 Å². The first-order valence-electron chi connectivity index (χ1n) is 6.61. The summed E-state index contributed by atoms with van der Waals surface area (Å²) in [5.41, 5.74) is 3.29. The molecular weight excluding hydrogens is 228 g/mol. The first kappa shape index (κ1) is 16.2. The van der Waals surface area contributed by atoms with E-state index >= 15 is 0 Å². The standard InChI is InChI=1S/C14H26O2Si/c1-6-8-9-10-13(16-14(15)7-2)11-12-17(3,4)5/h13H,6-10H2,1-5H3/t13-/m1/s1. The van der Waals surface area contributed by atoms with Gasteiger partial charge in [-0.1, -0.05) is 52.3 Å². The number of rotatable bonds is 6. The Balaban J connectivity index is 4.38. The van der Waals surface area contributed by atoms with Gasteiger partial charge in [0.2, 0.25) is 0 Å². The predicted octanol–water partition coefficient (Wildman–Crippen LogP) is 3.77. The minimum absolute atomic E-state index is 0.142. The third kappa shape index (κ3) is 10.1. The van der Waals surface area contributed by atoms with Crippen molar-refractivity contribution in [1.29, 1.82) is 0 Å². The van der Waals surface area contributed by atoms with Gasteiger partial charge < -0.3 is 4.74 Å². The Morgan fingerprint density at radius 1 is 1.24 bits per heavy atom. The Morgan fingerprint density at radius 3 is 2.35 bits per heavy atom. The summed E-state index contributed by atoms with van der Waals surface area (Å²) >= 11 is 0. The Bertz CT molecular complexity index is 281. The van der Waals surface area contributed by atoms with Crippen LogP contribution in [0.15, 0.2) is 0 Å². The Hall–Kier alpha value is -0.753. The van der Waals surface area contributed by atoms with Crippen molar-refractivity contribution in [2.24, 2.45) is 0 Å². The SMILES string of the molecule is CCCCC[C@H](C#C[Si](C)(C)C)OC(=O)CC. The summed E-state index contributed by atoms with van der Waals surface area (Å²) in [4.78, 5) is 11.3. The lowest BCUT2D eigenvalue weighted by atomic mass is 10.1. The molecule has 0 saturated carbocycles. The zero-order valence-corrected chi connectivity index (χ0v) is 12.9. The van der Waals surface area contributed by atoms with Gasteiger partial charge in [0.05, 0.1) is 0 Å². The molecule has 0 aromatic rings. The van der Waals surface area contributed by atoms with Crippen LogP contribution in [-0.4, -0.2) is 20.1 Å². The van der Waals surface area contributed by atoms with Gasteiger partial charge in [0.25, 0.3) is 0 Å². The van der Waals surface area contributed by atoms with Crippen LogP contribution in [0.3, 0.4) is 0 Å². The molecule has 0 N–H and O–H groups in total. The summed E-state index contributed by atoms with van der Waals surface area (Å²) in [6.45, 7) is 10.6. The number of ether oxygens (including phenoxy) is 1. The van der Waals surface area contributed by atoms with Crippen LogP contribution >= 0.6 is 0 Å². The van der Waals surface area contributed by atoms with Gasteiger partial charge in [-0.25, -0.2) is 0 Å². The predicted molar refractivity (Wildman–Crippen MR) is 75.4 cm³/mol. The average Bonchev–Trinajstić information content (AvgIpc) is 2.24. The largest absolute Gasteiger partial charge is 0.449 e. The second-order valence-electron chi connectivity index (χ2n) is 5.35. The van der Waals surface area contributed by atoms with Gasteiger partial charge in [-0.2, -0.15) is 0 Å². The van der Waals surface area contributed by atoms with E-state index in [0.29, 0.717) is 6.42 Å². The number of carbonyl (C=O) groups excluding carboxylic acids is 1. The zero-order valence-electron chi connectivity index (χ0n) is 11.9. The summed E-state index contributed by atoms with van der Waals surface area (Å²) in [5.74, 6) is 3.01. The topological polar surface area (TPSA) is 26.3 Å². The van der Waals surface area contributed by atoms with Crippen molar-refractivity contribution in [1.82, 2.24) is 0 Å². The summed E-state index contributed by atoms with van der Waals surface area (Å²) < 4.78 is 5.35. The van der Waals surface area contributed by atoms with E-state index < -0.39 is 8.07 Å². The molecule has 0 fully saturated rings. The fourth-order valence-corrected chi connectivity index (χ4v) is 1.87. The van der Waals surface area contributed by atoms with E-state index in [1.807, 2.05) is 6.92 Å². The van der Waals surface area contributed by atoms with Gasteiger partial charge in [-0.3, -0.25) is 4.79 Å². The molecule has 0 rings (SSSR count). The van der Waals surface area contributed by atoms with Crippen molar-refractivity contribution in [2.75, 3.05) is 0 Å². The quantitative estimate of drug-likeness (QED) is 0.312. The highest BCUT2D eigenvalue weighted by molar-refractivity contribution is 6.83. The molecule has 2 nitrogen and oxygen atoms in total. The lowest BCUT2D eigenvalue weighted by Gasteiger charge is -2.13. The highest BCUT2D eigenvalue weighted by atomic mass is 28.3. The van der Waals surface area contributed by atoms with Crippen LogP contribution in [0.25, 0.3) is 0 Å². The number of carbonyl (C=O) groups is 1. The maximum absolute atomic E-state index is 11.3. The smallest absolute Gasteiger partial charge is 0.306 e. The van der Waals surface area contributed by atoms with Gasteiger partial charge in [0.15, 0.2) is 6.10 Å². The molecule has 0 aliphatic heterocycles. The molecule has 1 atom stereocenters. The molecular formula is C14H26O2Si. The fourth-order valence-electron chi connectivity index (χ4n) is 1.28. The van der Waals surface area contributed by atoms with E-state index in [4.69, 9.17) is 4.74 Å². The molecule has 0 bridgehead atoms. The van der Waals surface area contributed by atoms with E-state index in [1.165, 1.54) is 12.8 Å². The molecule has 0 aromatic carbocycles. The minimum atomic E-state index is -1.38. The Kier molecular flexibility index (Phi) is 7.98. The molecule has 0 saturated heterocycles. The number of unbranched alkanes of at least 4 members (excludes halogenated alkanes) is 2. The zero-order chi connectivity index (χ0) is 13.3. The highest BCUT2D eigenvalue weighted by Crippen LogP contribution is 2.08. The van der Waals surface area contributed by atoms with E-state index in [2.05, 4.69) is 38.0 Å². The molecule has 0 aliphatic rings. The Morgan fingerprint density at radius 2 is 1.88 bits per heavy atom. The first-order chi connectivity index (χ1) is 7.89. The van der Waals surface area contributed by atoms with E-state index in [1.54, 1.807) is 0 Å². The van der Waals surface area contributed by atoms with Crippen LogP contribution in [0.5, 0.6) is 0 Å². The van der Waals surface area contributed by atoms with Crippen LogP contribution in [0.2, 0.25) is 19.6 Å². The van der Waals surface area contributed by atoms with Crippen molar-refractivity contribution >= 4 is 14.0 Å². The molecule has 3 heteroatoms. The maximum atomic E-state index is 11.3. The summed E-state index contributed by atoms with van der Waals surface area (Å²) in [5, 5.41) is 0. The molecule has 0 radical (unpaired) electrons. The van der Waals surface area contributed by atoms with Gasteiger partial charge >= 0.3 is 5.97 Å². The second-order valence-corrected chi connectivity index (χ2v) is 10.1. The second kappa shape index (κ2) is 8.35. The van der Waals surface area contributed by atoms with Crippen molar-refractivity contribution in [2.45, 2.75) is 71.7 Å². The molecule has 0 amide bonds. The van der Waals surface area contributed by atoms with Gasteiger partial charge in [-0.05, 0) is 12.8 Å². The maximum Gasteiger partial charge on any atom is 0.306 e. The van der Waals surface area contributed by atoms with Crippen molar-refractivity contribution in [3.05, 3.63) is 0 Å². The van der Waals surface area contributed by atoms with Gasteiger partial charge in [-0.15, -0.1) is 5.54 Å². The van der Waals surface area contributed by atoms with Crippen molar-refractivity contribution in [3.8, 4) is 11.5 Å². The van der Waals surface area contributed by atoms with E-state index in [9.17, 15) is 4.79 Å². The summed E-state index contributed by atoms with van der Waals surface area (Å²) in [7, 11) is -1.38. The van der Waals surface area contributed by atoms with E-state index in [0.717, 1.165) is 12.8 Å². The minimum Gasteiger partial charge on any atom is -0.449 e. The normalized spacial score (nSPS) is 12.5. The van der Waals surface area contributed by atoms with Crippen LogP contribution in [-0.2, 0) is 9.53 Å². The third-order valence-corrected chi connectivity index (χ3v) is 3.13. The molecule has 0 spiro atoms. The molecule has 98 valence electrons. The van der Waals surface area contributed by atoms with Crippen LogP contribution < -0.4 is 0 Å². The number of hydrogen-bond acceptors (Lipinski definition) is 2. The van der Waals surface area contributed by atoms with Crippen LogP contribution in [0.1, 0.15) is 46.0 Å². The fraction of sp³-hybridized carbons (Fsp3) is 0.786. The highest BCUT2D eigenvalue weighted by Gasteiger charge is 2.12. The number of hydrogen-bond donors (Lipinski definition) is 0. The lowest BCUT2D eigenvalue weighted by molar-refractivity contribution is -0.146. The Labute approximate surface area is 107 Å². The molecule has 0 aromatic heterocycles. The molecule has 17 heavy (non-hydrogen) atoms. The van der Waals surface area contributed by atoms with E-state index in [-0.39, 0.29) is 12.1 Å². The summed E-state index contributed by atoms with van der Waals surface area (Å²) in [6, 6.07) is 0. The monoisotopic (exact) mass is 254 g/mol. The van der Waals surface area contributed by atoms with Crippen molar-refractivity contribution < 1.29 is 9.53 Å². The third-order valence-electron chi connectivity index (χ3n) is 2.24. The first-order valence-corrected chi connectivity index (χ1v) is 10.1. The lowest BCUT2D eigenvalue weighted by Crippen LogP contribution is -2.20. The molecule has 0 aliphatic carbocycles. The molecule has 0 heterocycles. The molecule has 0 unspecified atom stereocenters.